The third-order valence-corrected chi connectivity index (χ3v) is 4.63. The monoisotopic (exact) mass is 385 g/mol. The minimum Gasteiger partial charge on any atom is -0.465 e. The molecule has 6 nitrogen and oxygen atoms in total. The van der Waals surface area contributed by atoms with E-state index in [1.165, 1.54) is 12.7 Å². The highest BCUT2D eigenvalue weighted by Gasteiger charge is 2.11. The minimum atomic E-state index is -0.440. The molecule has 2 N–H and O–H groups in total. The van der Waals surface area contributed by atoms with Gasteiger partial charge in [-0.3, -0.25) is 4.79 Å². The van der Waals surface area contributed by atoms with E-state index in [1.54, 1.807) is 24.3 Å². The molecule has 3 aromatic carbocycles. The maximum absolute atomic E-state index is 12.5. The first-order chi connectivity index (χ1) is 14.0. The van der Waals surface area contributed by atoms with Crippen LogP contribution in [0.3, 0.4) is 0 Å². The highest BCUT2D eigenvalue weighted by molar-refractivity contribution is 6.05. The van der Waals surface area contributed by atoms with Gasteiger partial charge in [0.1, 0.15) is 5.82 Å². The number of rotatable bonds is 4. The van der Waals surface area contributed by atoms with Gasteiger partial charge in [0, 0.05) is 16.8 Å². The Labute approximate surface area is 167 Å². The van der Waals surface area contributed by atoms with E-state index in [0.717, 1.165) is 22.4 Å². The molecular weight excluding hydrogens is 366 g/mol. The number of nitrogens with one attached hydrogen (secondary N) is 2. The third-order valence-electron chi connectivity index (χ3n) is 4.63. The van der Waals surface area contributed by atoms with E-state index < -0.39 is 5.97 Å². The van der Waals surface area contributed by atoms with Crippen molar-refractivity contribution in [2.24, 2.45) is 0 Å². The number of esters is 1. The number of aryl methyl sites for hydroxylation is 1. The molecule has 4 rings (SSSR count). The molecule has 0 atom stereocenters. The van der Waals surface area contributed by atoms with E-state index in [-0.39, 0.29) is 5.91 Å². The smallest absolute Gasteiger partial charge is 0.337 e. The Morgan fingerprint density at radius 1 is 0.931 bits per heavy atom. The number of aromatic nitrogens is 2. The van der Waals surface area contributed by atoms with Crippen LogP contribution in [0.1, 0.15) is 26.3 Å². The Balaban J connectivity index is 1.54. The van der Waals surface area contributed by atoms with Gasteiger partial charge in [-0.15, -0.1) is 0 Å². The lowest BCUT2D eigenvalue weighted by Gasteiger charge is -2.06. The van der Waals surface area contributed by atoms with Crippen LogP contribution in [0.4, 0.5) is 5.69 Å². The SMILES string of the molecule is COC(=O)c1ccc(C(=O)Nc2ccc3[nH]c(-c4ccc(C)cc4)nc3c2)cc1. The predicted octanol–water partition coefficient (Wildman–Crippen LogP) is 4.58. The van der Waals surface area contributed by atoms with Crippen LogP contribution in [0.5, 0.6) is 0 Å². The van der Waals surface area contributed by atoms with Gasteiger partial charge in [-0.25, -0.2) is 9.78 Å². The number of ether oxygens (including phenoxy) is 1. The highest BCUT2D eigenvalue weighted by Crippen LogP contribution is 2.23. The van der Waals surface area contributed by atoms with Gasteiger partial charge >= 0.3 is 5.97 Å². The molecule has 0 saturated carbocycles. The zero-order chi connectivity index (χ0) is 20.4. The molecule has 6 heteroatoms. The van der Waals surface area contributed by atoms with Gasteiger partial charge in [-0.2, -0.15) is 0 Å². The molecule has 0 fully saturated rings. The summed E-state index contributed by atoms with van der Waals surface area (Å²) in [5.41, 5.74) is 5.32. The number of aromatic amines is 1. The summed E-state index contributed by atoms with van der Waals surface area (Å²) in [5.74, 6) is 0.0715. The predicted molar refractivity (Wildman–Crippen MR) is 112 cm³/mol. The van der Waals surface area contributed by atoms with E-state index in [0.29, 0.717) is 16.8 Å². The third kappa shape index (κ3) is 3.87. The lowest BCUT2D eigenvalue weighted by atomic mass is 10.1. The second kappa shape index (κ2) is 7.59. The highest BCUT2D eigenvalue weighted by atomic mass is 16.5. The van der Waals surface area contributed by atoms with Crippen molar-refractivity contribution < 1.29 is 14.3 Å². The number of hydrogen-bond acceptors (Lipinski definition) is 4. The fraction of sp³-hybridized carbons (Fsp3) is 0.0870. The molecule has 1 heterocycles. The quantitative estimate of drug-likeness (QED) is 0.504. The second-order valence-electron chi connectivity index (χ2n) is 6.71. The maximum Gasteiger partial charge on any atom is 0.337 e. The van der Waals surface area contributed by atoms with Crippen molar-refractivity contribution in [3.05, 3.63) is 83.4 Å². The molecule has 0 aliphatic carbocycles. The number of H-pyrrole nitrogens is 1. The number of fused-ring (bicyclic) bond motifs is 1. The summed E-state index contributed by atoms with van der Waals surface area (Å²) < 4.78 is 4.66. The Kier molecular flexibility index (Phi) is 4.83. The zero-order valence-electron chi connectivity index (χ0n) is 16.0. The molecule has 0 bridgehead atoms. The summed E-state index contributed by atoms with van der Waals surface area (Å²) in [6.07, 6.45) is 0. The summed E-state index contributed by atoms with van der Waals surface area (Å²) in [6, 6.07) is 20.0. The summed E-state index contributed by atoms with van der Waals surface area (Å²) in [5, 5.41) is 2.86. The lowest BCUT2D eigenvalue weighted by Crippen LogP contribution is -2.12. The number of anilines is 1. The standard InChI is InChI=1S/C23H19N3O3/c1-14-3-5-15(6-4-14)21-25-19-12-11-18(13-20(19)26-21)24-22(27)16-7-9-17(10-8-16)23(28)29-2/h3-13H,1-2H3,(H,24,27)(H,25,26). The summed E-state index contributed by atoms with van der Waals surface area (Å²) in [4.78, 5) is 31.9. The van der Waals surface area contributed by atoms with Crippen molar-refractivity contribution in [2.75, 3.05) is 12.4 Å². The summed E-state index contributed by atoms with van der Waals surface area (Å²) >= 11 is 0. The van der Waals surface area contributed by atoms with E-state index in [1.807, 2.05) is 49.4 Å². The summed E-state index contributed by atoms with van der Waals surface area (Å²) in [6.45, 7) is 2.04. The van der Waals surface area contributed by atoms with Crippen LogP contribution in [0.25, 0.3) is 22.4 Å². The number of hydrogen-bond donors (Lipinski definition) is 2. The second-order valence-corrected chi connectivity index (χ2v) is 6.71. The number of imidazole rings is 1. The van der Waals surface area contributed by atoms with Crippen LogP contribution >= 0.6 is 0 Å². The molecule has 29 heavy (non-hydrogen) atoms. The Bertz CT molecular complexity index is 1190. The van der Waals surface area contributed by atoms with Crippen molar-refractivity contribution in [3.63, 3.8) is 0 Å². The van der Waals surface area contributed by atoms with Gasteiger partial charge < -0.3 is 15.0 Å². The van der Waals surface area contributed by atoms with Crippen molar-refractivity contribution >= 4 is 28.6 Å². The molecule has 0 saturated heterocycles. The van der Waals surface area contributed by atoms with Crippen molar-refractivity contribution in [3.8, 4) is 11.4 Å². The first-order valence-corrected chi connectivity index (χ1v) is 9.10. The minimum absolute atomic E-state index is 0.268. The molecule has 0 aliphatic heterocycles. The van der Waals surface area contributed by atoms with E-state index in [2.05, 4.69) is 20.0 Å². The van der Waals surface area contributed by atoms with Crippen molar-refractivity contribution in [2.45, 2.75) is 6.92 Å². The number of benzene rings is 3. The fourth-order valence-corrected chi connectivity index (χ4v) is 3.01. The fourth-order valence-electron chi connectivity index (χ4n) is 3.01. The first-order valence-electron chi connectivity index (χ1n) is 9.10. The average Bonchev–Trinajstić information content (AvgIpc) is 3.17. The number of nitrogens with zero attached hydrogens (tertiary/aromatic N) is 1. The van der Waals surface area contributed by atoms with Gasteiger partial charge in [0.2, 0.25) is 0 Å². The Morgan fingerprint density at radius 2 is 1.62 bits per heavy atom. The molecule has 0 aliphatic rings. The molecular formula is C23H19N3O3. The Morgan fingerprint density at radius 3 is 2.31 bits per heavy atom. The van der Waals surface area contributed by atoms with Crippen LogP contribution in [-0.4, -0.2) is 29.0 Å². The average molecular weight is 385 g/mol. The van der Waals surface area contributed by atoms with Gasteiger partial charge in [0.25, 0.3) is 5.91 Å². The van der Waals surface area contributed by atoms with Crippen LogP contribution in [-0.2, 0) is 4.74 Å². The Hall–Kier alpha value is -3.93. The first kappa shape index (κ1) is 18.4. The zero-order valence-corrected chi connectivity index (χ0v) is 16.0. The molecule has 0 unspecified atom stereocenters. The van der Waals surface area contributed by atoms with E-state index >= 15 is 0 Å². The largest absolute Gasteiger partial charge is 0.465 e. The molecule has 4 aromatic rings. The van der Waals surface area contributed by atoms with Gasteiger partial charge in [-0.05, 0) is 49.4 Å². The van der Waals surface area contributed by atoms with Gasteiger partial charge in [0.15, 0.2) is 0 Å². The normalized spacial score (nSPS) is 10.7. The number of amides is 1. The van der Waals surface area contributed by atoms with Gasteiger partial charge in [0.05, 0.1) is 23.7 Å². The van der Waals surface area contributed by atoms with Gasteiger partial charge in [-0.1, -0.05) is 29.8 Å². The molecule has 0 spiro atoms. The molecule has 0 radical (unpaired) electrons. The van der Waals surface area contributed by atoms with Crippen molar-refractivity contribution in [1.82, 2.24) is 9.97 Å². The van der Waals surface area contributed by atoms with Crippen LogP contribution in [0, 0.1) is 6.92 Å². The van der Waals surface area contributed by atoms with E-state index in [4.69, 9.17) is 0 Å². The molecule has 1 amide bonds. The summed E-state index contributed by atoms with van der Waals surface area (Å²) in [7, 11) is 1.32. The molecule has 144 valence electrons. The van der Waals surface area contributed by atoms with E-state index in [9.17, 15) is 9.59 Å². The number of methoxy groups -OCH3 is 1. The van der Waals surface area contributed by atoms with Crippen LogP contribution < -0.4 is 5.32 Å². The number of carbonyl (C=O) groups is 2. The topological polar surface area (TPSA) is 84.1 Å². The van der Waals surface area contributed by atoms with Crippen LogP contribution in [0.2, 0.25) is 0 Å². The van der Waals surface area contributed by atoms with Crippen LogP contribution in [0.15, 0.2) is 66.7 Å². The lowest BCUT2D eigenvalue weighted by molar-refractivity contribution is 0.0600. The van der Waals surface area contributed by atoms with Crippen molar-refractivity contribution in [1.29, 1.82) is 0 Å². The molecule has 1 aromatic heterocycles. The number of carbonyl (C=O) groups excluding carboxylic acids is 2. The maximum atomic E-state index is 12.5.